The fourth-order valence-corrected chi connectivity index (χ4v) is 5.94. The number of fused-ring (bicyclic) bond motifs is 1. The van der Waals surface area contributed by atoms with Crippen LogP contribution >= 0.6 is 27.7 Å². The number of hydrogen-bond donors (Lipinski definition) is 0. The van der Waals surface area contributed by atoms with Crippen LogP contribution in [0.5, 0.6) is 0 Å². The number of pyridine rings is 1. The van der Waals surface area contributed by atoms with Gasteiger partial charge in [0.25, 0.3) is 0 Å². The lowest BCUT2D eigenvalue weighted by Crippen LogP contribution is -2.57. The molecular formula is C24H28BrNO6S. The SMILES string of the molecule is CCOC(=O)c1ncc(Br)cc1S[C@H]1OC2COC(c3ccccc3)O[C@@H]2C(C)C1OCC. The van der Waals surface area contributed by atoms with Crippen molar-refractivity contribution in [2.75, 3.05) is 19.8 Å². The van der Waals surface area contributed by atoms with Crippen molar-refractivity contribution in [2.24, 2.45) is 5.92 Å². The summed E-state index contributed by atoms with van der Waals surface area (Å²) in [6.45, 7) is 7.07. The van der Waals surface area contributed by atoms with Crippen molar-refractivity contribution >= 4 is 33.7 Å². The molecule has 0 amide bonds. The smallest absolute Gasteiger partial charge is 0.358 e. The van der Waals surface area contributed by atoms with Gasteiger partial charge in [0.2, 0.25) is 0 Å². The standard InChI is InChI=1S/C24H28BrNO6S/c1-4-28-21-14(3)20-17(13-30-23(32-20)15-9-7-6-8-10-15)31-24(21)33-18-11-16(25)12-26-19(18)22(27)29-5-2/h6-12,14,17,20-21,23-24H,4-5,13H2,1-3H3/t14?,17?,20-,21?,23?,24-/m1/s1. The maximum atomic E-state index is 12.5. The highest BCUT2D eigenvalue weighted by Crippen LogP contribution is 2.43. The molecule has 4 unspecified atom stereocenters. The van der Waals surface area contributed by atoms with E-state index in [2.05, 4.69) is 27.8 Å². The van der Waals surface area contributed by atoms with Crippen molar-refractivity contribution < 1.29 is 28.5 Å². The van der Waals surface area contributed by atoms with Gasteiger partial charge in [-0.2, -0.15) is 0 Å². The molecule has 0 radical (unpaired) electrons. The minimum atomic E-state index is -0.461. The van der Waals surface area contributed by atoms with Crippen molar-refractivity contribution in [3.05, 3.63) is 58.3 Å². The van der Waals surface area contributed by atoms with Crippen LogP contribution in [0.3, 0.4) is 0 Å². The van der Waals surface area contributed by atoms with E-state index in [1.165, 1.54) is 11.8 Å². The maximum absolute atomic E-state index is 12.5. The Balaban J connectivity index is 1.55. The summed E-state index contributed by atoms with van der Waals surface area (Å²) in [5.74, 6) is -0.417. The number of aromatic nitrogens is 1. The van der Waals surface area contributed by atoms with Crippen LogP contribution in [-0.2, 0) is 23.7 Å². The van der Waals surface area contributed by atoms with Crippen LogP contribution in [-0.4, -0.2) is 54.5 Å². The van der Waals surface area contributed by atoms with E-state index in [9.17, 15) is 4.79 Å². The molecule has 0 saturated carbocycles. The first-order valence-electron chi connectivity index (χ1n) is 11.1. The molecule has 4 rings (SSSR count). The molecule has 2 aromatic rings. The minimum absolute atomic E-state index is 0.0440. The molecule has 33 heavy (non-hydrogen) atoms. The van der Waals surface area contributed by atoms with Gasteiger partial charge in [0.1, 0.15) is 11.5 Å². The zero-order valence-corrected chi connectivity index (χ0v) is 21.2. The number of carbonyl (C=O) groups excluding carboxylic acids is 1. The van der Waals surface area contributed by atoms with Gasteiger partial charge in [0.15, 0.2) is 12.0 Å². The van der Waals surface area contributed by atoms with Crippen LogP contribution < -0.4 is 0 Å². The van der Waals surface area contributed by atoms with Crippen molar-refractivity contribution in [3.63, 3.8) is 0 Å². The third-order valence-electron chi connectivity index (χ3n) is 5.63. The first kappa shape index (κ1) is 24.6. The monoisotopic (exact) mass is 537 g/mol. The number of halogens is 1. The molecule has 3 heterocycles. The number of benzene rings is 1. The van der Waals surface area contributed by atoms with Gasteiger partial charge in [0, 0.05) is 33.7 Å². The van der Waals surface area contributed by atoms with E-state index in [0.29, 0.717) is 18.1 Å². The summed E-state index contributed by atoms with van der Waals surface area (Å²) in [6.07, 6.45) is 0.478. The topological polar surface area (TPSA) is 76.1 Å². The molecule has 1 aromatic carbocycles. The average Bonchev–Trinajstić information content (AvgIpc) is 2.82. The lowest BCUT2D eigenvalue weighted by Gasteiger charge is -2.48. The largest absolute Gasteiger partial charge is 0.461 e. The number of carbonyl (C=O) groups is 1. The van der Waals surface area contributed by atoms with E-state index in [-0.39, 0.29) is 42.0 Å². The zero-order valence-electron chi connectivity index (χ0n) is 18.8. The van der Waals surface area contributed by atoms with Crippen LogP contribution in [0.2, 0.25) is 0 Å². The van der Waals surface area contributed by atoms with Crippen LogP contribution in [0.1, 0.15) is 43.1 Å². The summed E-state index contributed by atoms with van der Waals surface area (Å²) in [6, 6.07) is 11.8. The Labute approximate surface area is 206 Å². The second-order valence-electron chi connectivity index (χ2n) is 7.84. The average molecular weight is 538 g/mol. The van der Waals surface area contributed by atoms with Gasteiger partial charge in [0.05, 0.1) is 25.4 Å². The number of nitrogens with zero attached hydrogens (tertiary/aromatic N) is 1. The first-order chi connectivity index (χ1) is 16.0. The van der Waals surface area contributed by atoms with E-state index < -0.39 is 12.3 Å². The fourth-order valence-electron chi connectivity index (χ4n) is 4.10. The molecule has 0 aliphatic carbocycles. The molecule has 2 saturated heterocycles. The van der Waals surface area contributed by atoms with Crippen molar-refractivity contribution in [2.45, 2.75) is 55.7 Å². The van der Waals surface area contributed by atoms with E-state index in [1.54, 1.807) is 13.1 Å². The number of rotatable bonds is 7. The first-order valence-corrected chi connectivity index (χ1v) is 12.8. The molecule has 0 N–H and O–H groups in total. The van der Waals surface area contributed by atoms with Crippen LogP contribution in [0.15, 0.2) is 52.0 Å². The van der Waals surface area contributed by atoms with Gasteiger partial charge in [-0.05, 0) is 35.8 Å². The molecule has 0 bridgehead atoms. The summed E-state index contributed by atoms with van der Waals surface area (Å²) in [5, 5.41) is 0. The quantitative estimate of drug-likeness (QED) is 0.457. The third-order valence-corrected chi connectivity index (χ3v) is 7.25. The third kappa shape index (κ3) is 5.61. The molecule has 0 spiro atoms. The number of hydrogen-bond acceptors (Lipinski definition) is 8. The Bertz CT molecular complexity index is 948. The molecule has 9 heteroatoms. The van der Waals surface area contributed by atoms with Gasteiger partial charge in [-0.15, -0.1) is 0 Å². The normalized spacial score (nSPS) is 29.3. The Hall–Kier alpha value is -1.49. The number of thioether (sulfide) groups is 1. The van der Waals surface area contributed by atoms with Gasteiger partial charge in [-0.25, -0.2) is 9.78 Å². The lowest BCUT2D eigenvalue weighted by molar-refractivity contribution is -0.310. The molecule has 178 valence electrons. The zero-order chi connectivity index (χ0) is 23.4. The summed E-state index contributed by atoms with van der Waals surface area (Å²) < 4.78 is 30.9. The van der Waals surface area contributed by atoms with Crippen LogP contribution in [0.4, 0.5) is 0 Å². The van der Waals surface area contributed by atoms with Gasteiger partial charge < -0.3 is 23.7 Å². The van der Waals surface area contributed by atoms with Crippen LogP contribution in [0.25, 0.3) is 0 Å². The second kappa shape index (κ2) is 11.3. The number of ether oxygens (including phenoxy) is 5. The Morgan fingerprint density at radius 1 is 1.21 bits per heavy atom. The molecule has 2 aliphatic rings. The summed E-state index contributed by atoms with van der Waals surface area (Å²) in [7, 11) is 0. The van der Waals surface area contributed by atoms with Crippen molar-refractivity contribution in [1.29, 1.82) is 0 Å². The summed E-state index contributed by atoms with van der Waals surface area (Å²) in [5.41, 5.74) is 0.872. The summed E-state index contributed by atoms with van der Waals surface area (Å²) >= 11 is 4.86. The minimum Gasteiger partial charge on any atom is -0.461 e. The highest BCUT2D eigenvalue weighted by molar-refractivity contribution is 9.10. The molecule has 7 nitrogen and oxygen atoms in total. The van der Waals surface area contributed by atoms with E-state index >= 15 is 0 Å². The van der Waals surface area contributed by atoms with E-state index in [0.717, 1.165) is 10.0 Å². The van der Waals surface area contributed by atoms with Crippen molar-refractivity contribution in [3.8, 4) is 0 Å². The summed E-state index contributed by atoms with van der Waals surface area (Å²) in [4.78, 5) is 17.4. The fraction of sp³-hybridized carbons (Fsp3) is 0.500. The highest BCUT2D eigenvalue weighted by Gasteiger charge is 2.49. The molecular weight excluding hydrogens is 510 g/mol. The Morgan fingerprint density at radius 2 is 2.00 bits per heavy atom. The van der Waals surface area contributed by atoms with Crippen LogP contribution in [0, 0.1) is 5.92 Å². The van der Waals surface area contributed by atoms with E-state index in [4.69, 9.17) is 23.7 Å². The van der Waals surface area contributed by atoms with Gasteiger partial charge in [-0.1, -0.05) is 49.0 Å². The van der Waals surface area contributed by atoms with Crippen molar-refractivity contribution in [1.82, 2.24) is 4.98 Å². The van der Waals surface area contributed by atoms with Gasteiger partial charge >= 0.3 is 5.97 Å². The molecule has 2 aliphatic heterocycles. The molecule has 1 aromatic heterocycles. The van der Waals surface area contributed by atoms with E-state index in [1.807, 2.05) is 43.3 Å². The lowest BCUT2D eigenvalue weighted by atomic mass is 9.90. The maximum Gasteiger partial charge on any atom is 0.358 e. The highest BCUT2D eigenvalue weighted by atomic mass is 79.9. The van der Waals surface area contributed by atoms with Gasteiger partial charge in [-0.3, -0.25) is 0 Å². The Morgan fingerprint density at radius 3 is 2.73 bits per heavy atom. The predicted molar refractivity (Wildman–Crippen MR) is 127 cm³/mol. The second-order valence-corrected chi connectivity index (χ2v) is 9.89. The Kier molecular flexibility index (Phi) is 8.43. The molecule has 2 fully saturated rings. The predicted octanol–water partition coefficient (Wildman–Crippen LogP) is 4.99. The number of esters is 1. The molecule has 6 atom stereocenters.